The van der Waals surface area contributed by atoms with Crippen LogP contribution in [0.25, 0.3) is 0 Å². The number of aryl methyl sites for hydroxylation is 1. The summed E-state index contributed by atoms with van der Waals surface area (Å²) in [6.45, 7) is 1.92. The third-order valence-corrected chi connectivity index (χ3v) is 4.68. The first-order valence-electron chi connectivity index (χ1n) is 5.35. The Hall–Kier alpha value is -0.540. The summed E-state index contributed by atoms with van der Waals surface area (Å²) in [5, 5.41) is 7.22. The predicted molar refractivity (Wildman–Crippen MR) is 89.8 cm³/mol. The maximum absolute atomic E-state index is 13.7. The second-order valence-corrected chi connectivity index (χ2v) is 6.34. The molecular weight excluding hydrogens is 444 g/mol. The van der Waals surface area contributed by atoms with Crippen molar-refractivity contribution in [3.05, 3.63) is 43.7 Å². The van der Waals surface area contributed by atoms with Gasteiger partial charge in [-0.05, 0) is 47.2 Å². The molecule has 2 rings (SSSR count). The Morgan fingerprint density at radius 1 is 1.58 bits per heavy atom. The molecule has 0 unspecified atom stereocenters. The van der Waals surface area contributed by atoms with Crippen LogP contribution >= 0.6 is 49.9 Å². The lowest BCUT2D eigenvalue weighted by molar-refractivity contribution is 0.616. The van der Waals surface area contributed by atoms with E-state index < -0.39 is 0 Å². The van der Waals surface area contributed by atoms with Crippen molar-refractivity contribution >= 4 is 61.2 Å². The molecule has 0 atom stereocenters. The zero-order valence-electron chi connectivity index (χ0n) is 9.95. The van der Waals surface area contributed by atoms with Crippen molar-refractivity contribution in [1.82, 2.24) is 4.98 Å². The van der Waals surface area contributed by atoms with Crippen LogP contribution < -0.4 is 5.43 Å². The molecule has 0 aliphatic rings. The number of aromatic nitrogens is 1. The number of hydrogen-bond acceptors (Lipinski definition) is 4. The highest BCUT2D eigenvalue weighted by Crippen LogP contribution is 2.20. The second kappa shape index (κ2) is 6.76. The molecule has 19 heavy (non-hydrogen) atoms. The van der Waals surface area contributed by atoms with Crippen molar-refractivity contribution < 1.29 is 4.39 Å². The molecule has 0 amide bonds. The van der Waals surface area contributed by atoms with Crippen molar-refractivity contribution in [1.29, 1.82) is 0 Å². The van der Waals surface area contributed by atoms with Gasteiger partial charge in [0.25, 0.3) is 0 Å². The molecule has 2 aromatic rings. The van der Waals surface area contributed by atoms with E-state index in [4.69, 9.17) is 0 Å². The molecule has 1 aromatic heterocycles. The zero-order valence-corrected chi connectivity index (χ0v) is 14.5. The van der Waals surface area contributed by atoms with Crippen molar-refractivity contribution in [3.8, 4) is 0 Å². The van der Waals surface area contributed by atoms with Crippen LogP contribution in [0.1, 0.15) is 16.8 Å². The Morgan fingerprint density at radius 3 is 2.95 bits per heavy atom. The first-order chi connectivity index (χ1) is 9.10. The van der Waals surface area contributed by atoms with E-state index in [1.165, 1.54) is 17.4 Å². The monoisotopic (exact) mass is 453 g/mol. The van der Waals surface area contributed by atoms with Crippen molar-refractivity contribution in [3.63, 3.8) is 0 Å². The molecule has 3 nitrogen and oxygen atoms in total. The summed E-state index contributed by atoms with van der Waals surface area (Å²) in [4.78, 5) is 4.22. The molecule has 1 heterocycles. The summed E-state index contributed by atoms with van der Waals surface area (Å²) >= 11 is 6.87. The summed E-state index contributed by atoms with van der Waals surface area (Å²) in [5.41, 5.74) is 5.16. The fourth-order valence-electron chi connectivity index (χ4n) is 1.39. The number of halogens is 3. The van der Waals surface area contributed by atoms with E-state index >= 15 is 0 Å². The Labute approximate surface area is 136 Å². The smallest absolute Gasteiger partial charge is 0.203 e. The normalized spacial score (nSPS) is 11.2. The fourth-order valence-corrected chi connectivity index (χ4v) is 3.93. The average molecular weight is 454 g/mol. The second-order valence-electron chi connectivity index (χ2n) is 3.76. The molecule has 0 aliphatic heterocycles. The highest BCUT2D eigenvalue weighted by atomic mass is 127. The predicted octanol–water partition coefficient (Wildman–Crippen LogP) is 4.54. The lowest BCUT2D eigenvalue weighted by Gasteiger charge is -2.03. The van der Waals surface area contributed by atoms with Gasteiger partial charge in [-0.1, -0.05) is 15.9 Å². The van der Waals surface area contributed by atoms with E-state index in [-0.39, 0.29) is 5.82 Å². The van der Waals surface area contributed by atoms with Gasteiger partial charge in [-0.15, -0.1) is 11.3 Å². The minimum atomic E-state index is -0.227. The van der Waals surface area contributed by atoms with Gasteiger partial charge in [0.15, 0.2) is 0 Å². The topological polar surface area (TPSA) is 37.3 Å². The highest BCUT2D eigenvalue weighted by molar-refractivity contribution is 14.1. The summed E-state index contributed by atoms with van der Waals surface area (Å²) < 4.78 is 14.6. The van der Waals surface area contributed by atoms with Crippen LogP contribution in [0.15, 0.2) is 22.6 Å². The van der Waals surface area contributed by atoms with Crippen LogP contribution in [0.5, 0.6) is 0 Å². The fraction of sp³-hybridized carbons (Fsp3) is 0.167. The number of rotatable bonds is 4. The molecule has 0 spiro atoms. The van der Waals surface area contributed by atoms with Crippen molar-refractivity contribution in [2.75, 3.05) is 5.43 Å². The van der Waals surface area contributed by atoms with Gasteiger partial charge >= 0.3 is 0 Å². The summed E-state index contributed by atoms with van der Waals surface area (Å²) in [7, 11) is 0. The Morgan fingerprint density at radius 2 is 2.37 bits per heavy atom. The van der Waals surface area contributed by atoms with Gasteiger partial charge < -0.3 is 0 Å². The number of hydrazone groups is 1. The van der Waals surface area contributed by atoms with Crippen LogP contribution in [0.3, 0.4) is 0 Å². The molecule has 0 fully saturated rings. The number of benzene rings is 1. The third kappa shape index (κ3) is 3.96. The van der Waals surface area contributed by atoms with Gasteiger partial charge in [-0.25, -0.2) is 9.37 Å². The highest BCUT2D eigenvalue weighted by Gasteiger charge is 2.07. The maximum atomic E-state index is 13.7. The van der Waals surface area contributed by atoms with Gasteiger partial charge in [-0.3, -0.25) is 5.43 Å². The quantitative estimate of drug-likeness (QED) is 0.319. The summed E-state index contributed by atoms with van der Waals surface area (Å²) in [5.74, 6) is -0.227. The van der Waals surface area contributed by atoms with Gasteiger partial charge in [0.05, 0.1) is 11.9 Å². The Kier molecular flexibility index (Phi) is 5.28. The Balaban J connectivity index is 2.11. The molecular formula is C12H10BrFIN3S. The first kappa shape index (κ1) is 14.9. The van der Waals surface area contributed by atoms with Crippen LogP contribution in [0.4, 0.5) is 9.52 Å². The van der Waals surface area contributed by atoms with Gasteiger partial charge in [0.1, 0.15) is 5.82 Å². The van der Waals surface area contributed by atoms with Crippen molar-refractivity contribution in [2.24, 2.45) is 5.10 Å². The summed E-state index contributed by atoms with van der Waals surface area (Å²) in [6, 6.07) is 3.36. The minimum absolute atomic E-state index is 0.227. The molecule has 0 saturated carbocycles. The molecule has 0 aliphatic carbocycles. The lowest BCUT2D eigenvalue weighted by Crippen LogP contribution is -1.96. The first-order valence-corrected chi connectivity index (χ1v) is 8.43. The SMILES string of the molecule is Cc1csc(NN=Cc2cc(F)c(CBr)c(I)c2)n1. The number of thiazole rings is 1. The van der Waals surface area contributed by atoms with Crippen LogP contribution in [0, 0.1) is 16.3 Å². The van der Waals surface area contributed by atoms with Crippen LogP contribution in [-0.4, -0.2) is 11.2 Å². The van der Waals surface area contributed by atoms with Gasteiger partial charge in [0, 0.05) is 19.8 Å². The lowest BCUT2D eigenvalue weighted by atomic mass is 10.1. The number of nitrogens with one attached hydrogen (secondary N) is 1. The molecule has 0 radical (unpaired) electrons. The van der Waals surface area contributed by atoms with Gasteiger partial charge in [-0.2, -0.15) is 5.10 Å². The van der Waals surface area contributed by atoms with Crippen LogP contribution in [0.2, 0.25) is 0 Å². The van der Waals surface area contributed by atoms with E-state index in [2.05, 4.69) is 54.0 Å². The average Bonchev–Trinajstić information content (AvgIpc) is 2.75. The van der Waals surface area contributed by atoms with Crippen LogP contribution in [-0.2, 0) is 5.33 Å². The Bertz CT molecular complexity index is 592. The molecule has 100 valence electrons. The number of anilines is 1. The zero-order chi connectivity index (χ0) is 13.8. The number of hydrogen-bond donors (Lipinski definition) is 1. The van der Waals surface area contributed by atoms with E-state index in [9.17, 15) is 4.39 Å². The maximum Gasteiger partial charge on any atom is 0.203 e. The van der Waals surface area contributed by atoms with E-state index in [1.807, 2.05) is 18.4 Å². The van der Waals surface area contributed by atoms with E-state index in [1.54, 1.807) is 6.21 Å². The van der Waals surface area contributed by atoms with Gasteiger partial charge in [0.2, 0.25) is 5.13 Å². The molecule has 0 bridgehead atoms. The molecule has 0 saturated heterocycles. The largest absolute Gasteiger partial charge is 0.253 e. The van der Waals surface area contributed by atoms with E-state index in [0.717, 1.165) is 14.4 Å². The molecule has 1 N–H and O–H groups in total. The van der Waals surface area contributed by atoms with Crippen molar-refractivity contribution in [2.45, 2.75) is 12.3 Å². The molecule has 1 aromatic carbocycles. The minimum Gasteiger partial charge on any atom is -0.253 e. The standard InChI is InChI=1S/C12H10BrFIN3S/c1-7-6-19-12(17-7)18-16-5-8-2-10(14)9(4-13)11(15)3-8/h2-3,5-6H,4H2,1H3,(H,17,18). The number of alkyl halides is 1. The molecule has 7 heteroatoms. The van der Waals surface area contributed by atoms with E-state index in [0.29, 0.717) is 16.5 Å². The summed E-state index contributed by atoms with van der Waals surface area (Å²) in [6.07, 6.45) is 1.58. The third-order valence-electron chi connectivity index (χ3n) is 2.29. The number of nitrogens with zero attached hydrogens (tertiary/aromatic N) is 2.